The van der Waals surface area contributed by atoms with Gasteiger partial charge in [0.25, 0.3) is 0 Å². The first kappa shape index (κ1) is 16.6. The first-order chi connectivity index (χ1) is 9.87. The van der Waals surface area contributed by atoms with Crippen LogP contribution in [0.25, 0.3) is 0 Å². The number of hydrogen-bond acceptors (Lipinski definition) is 4. The fourth-order valence-corrected chi connectivity index (χ4v) is 3.45. The van der Waals surface area contributed by atoms with Crippen LogP contribution in [0.2, 0.25) is 0 Å². The molecule has 122 valence electrons. The molecule has 2 fully saturated rings. The van der Waals surface area contributed by atoms with E-state index in [1.54, 1.807) is 0 Å². The molecule has 1 spiro atoms. The average Bonchev–Trinajstić information content (AvgIpc) is 2.27. The van der Waals surface area contributed by atoms with Gasteiger partial charge in [-0.3, -0.25) is 0 Å². The maximum atomic E-state index is 11.5. The van der Waals surface area contributed by atoms with Gasteiger partial charge >= 0.3 is 6.09 Å². The summed E-state index contributed by atoms with van der Waals surface area (Å²) in [5.74, 6) is 0. The van der Waals surface area contributed by atoms with Crippen molar-refractivity contribution in [2.45, 2.75) is 71.1 Å². The zero-order valence-corrected chi connectivity index (χ0v) is 13.8. The Morgan fingerprint density at radius 3 is 2.52 bits per heavy atom. The van der Waals surface area contributed by atoms with Crippen molar-refractivity contribution >= 4 is 6.09 Å². The number of carbonyl (C=O) groups is 1. The van der Waals surface area contributed by atoms with Gasteiger partial charge in [-0.05, 0) is 47.0 Å². The van der Waals surface area contributed by atoms with E-state index in [9.17, 15) is 4.79 Å². The summed E-state index contributed by atoms with van der Waals surface area (Å²) < 4.78 is 11.0. The lowest BCUT2D eigenvalue weighted by atomic mass is 9.51. The fraction of sp³-hybridized carbons (Fsp3) is 0.938. The van der Waals surface area contributed by atoms with Gasteiger partial charge in [-0.15, -0.1) is 0 Å². The molecule has 5 nitrogen and oxygen atoms in total. The smallest absolute Gasteiger partial charge is 0.407 e. The molecule has 2 aliphatic carbocycles. The first-order valence-corrected chi connectivity index (χ1v) is 8.19. The zero-order valence-electron chi connectivity index (χ0n) is 13.8. The second kappa shape index (κ2) is 6.53. The molecule has 1 amide bonds. The van der Waals surface area contributed by atoms with E-state index < -0.39 is 5.60 Å². The van der Waals surface area contributed by atoms with Crippen molar-refractivity contribution in [1.82, 2.24) is 10.6 Å². The van der Waals surface area contributed by atoms with Gasteiger partial charge in [0.15, 0.2) is 0 Å². The normalized spacial score (nSPS) is 26.9. The SMILES string of the molecule is CCOC1CC(NCCNC(=O)OC(C)(C)C)C12CCC2. The molecule has 2 N–H and O–H groups in total. The van der Waals surface area contributed by atoms with Crippen LogP contribution in [0.1, 0.15) is 53.4 Å². The first-order valence-electron chi connectivity index (χ1n) is 8.19. The molecule has 5 heteroatoms. The van der Waals surface area contributed by atoms with Gasteiger partial charge in [-0.2, -0.15) is 0 Å². The topological polar surface area (TPSA) is 59.6 Å². The summed E-state index contributed by atoms with van der Waals surface area (Å²) in [5, 5.41) is 6.36. The van der Waals surface area contributed by atoms with E-state index in [1.807, 2.05) is 20.8 Å². The van der Waals surface area contributed by atoms with Gasteiger partial charge < -0.3 is 20.1 Å². The molecule has 2 atom stereocenters. The van der Waals surface area contributed by atoms with Crippen LogP contribution < -0.4 is 10.6 Å². The zero-order chi connectivity index (χ0) is 15.5. The Morgan fingerprint density at radius 2 is 2.00 bits per heavy atom. The minimum absolute atomic E-state index is 0.344. The molecule has 0 aromatic rings. The van der Waals surface area contributed by atoms with Gasteiger partial charge in [-0.25, -0.2) is 4.79 Å². The molecule has 0 saturated heterocycles. The summed E-state index contributed by atoms with van der Waals surface area (Å²) in [6, 6.07) is 0.545. The Morgan fingerprint density at radius 1 is 1.29 bits per heavy atom. The Hall–Kier alpha value is -0.810. The van der Waals surface area contributed by atoms with Crippen molar-refractivity contribution < 1.29 is 14.3 Å². The highest BCUT2D eigenvalue weighted by Gasteiger charge is 2.58. The van der Waals surface area contributed by atoms with Gasteiger partial charge in [-0.1, -0.05) is 6.42 Å². The molecule has 2 aliphatic rings. The van der Waals surface area contributed by atoms with Crippen molar-refractivity contribution in [3.05, 3.63) is 0 Å². The molecule has 0 bridgehead atoms. The van der Waals surface area contributed by atoms with E-state index >= 15 is 0 Å². The maximum Gasteiger partial charge on any atom is 0.407 e. The van der Waals surface area contributed by atoms with Gasteiger partial charge in [0.1, 0.15) is 5.60 Å². The number of rotatable bonds is 6. The number of amides is 1. The number of hydrogen-bond donors (Lipinski definition) is 2. The van der Waals surface area contributed by atoms with Crippen molar-refractivity contribution in [3.63, 3.8) is 0 Å². The lowest BCUT2D eigenvalue weighted by Crippen LogP contribution is -2.67. The van der Waals surface area contributed by atoms with Gasteiger partial charge in [0.2, 0.25) is 0 Å². The Balaban J connectivity index is 1.63. The van der Waals surface area contributed by atoms with Crippen molar-refractivity contribution in [3.8, 4) is 0 Å². The van der Waals surface area contributed by atoms with Crippen LogP contribution in [0.5, 0.6) is 0 Å². The van der Waals surface area contributed by atoms with Crippen molar-refractivity contribution in [2.24, 2.45) is 5.41 Å². The predicted octanol–water partition coefficient (Wildman–Crippen LogP) is 2.45. The second-order valence-corrected chi connectivity index (χ2v) is 7.20. The quantitative estimate of drug-likeness (QED) is 0.740. The summed E-state index contributed by atoms with van der Waals surface area (Å²) in [6.07, 6.45) is 5.05. The highest BCUT2D eigenvalue weighted by Crippen LogP contribution is 2.57. The number of ether oxygens (including phenoxy) is 2. The van der Waals surface area contributed by atoms with E-state index in [-0.39, 0.29) is 6.09 Å². The molecule has 0 aliphatic heterocycles. The predicted molar refractivity (Wildman–Crippen MR) is 82.3 cm³/mol. The summed E-state index contributed by atoms with van der Waals surface area (Å²) >= 11 is 0. The lowest BCUT2D eigenvalue weighted by Gasteiger charge is -2.61. The molecule has 0 aromatic carbocycles. The average molecular weight is 298 g/mol. The molecule has 0 aromatic heterocycles. The van der Waals surface area contributed by atoms with Crippen LogP contribution in [-0.2, 0) is 9.47 Å². The van der Waals surface area contributed by atoms with Crippen LogP contribution in [0.15, 0.2) is 0 Å². The summed E-state index contributed by atoms with van der Waals surface area (Å²) in [5.41, 5.74) is -0.0614. The fourth-order valence-electron chi connectivity index (χ4n) is 3.45. The van der Waals surface area contributed by atoms with Crippen LogP contribution in [0.4, 0.5) is 4.79 Å². The van der Waals surface area contributed by atoms with E-state index in [1.165, 1.54) is 19.3 Å². The summed E-state index contributed by atoms with van der Waals surface area (Å²) in [6.45, 7) is 9.86. The van der Waals surface area contributed by atoms with Crippen LogP contribution in [0.3, 0.4) is 0 Å². The largest absolute Gasteiger partial charge is 0.444 e. The number of alkyl carbamates (subject to hydrolysis) is 1. The minimum atomic E-state index is -0.438. The number of carbonyl (C=O) groups excluding carboxylic acids is 1. The van der Waals surface area contributed by atoms with E-state index in [0.717, 1.165) is 19.6 Å². The highest BCUT2D eigenvalue weighted by atomic mass is 16.6. The van der Waals surface area contributed by atoms with Gasteiger partial charge in [0.05, 0.1) is 6.10 Å². The van der Waals surface area contributed by atoms with E-state index in [4.69, 9.17) is 9.47 Å². The van der Waals surface area contributed by atoms with E-state index in [2.05, 4.69) is 17.6 Å². The second-order valence-electron chi connectivity index (χ2n) is 7.20. The third-order valence-corrected chi connectivity index (χ3v) is 4.62. The monoisotopic (exact) mass is 298 g/mol. The molecule has 2 unspecified atom stereocenters. The third kappa shape index (κ3) is 3.89. The molecule has 0 radical (unpaired) electrons. The van der Waals surface area contributed by atoms with Crippen LogP contribution in [0, 0.1) is 5.41 Å². The standard InChI is InChI=1S/C16H30N2O3/c1-5-20-13-11-12(16(13)7-6-8-16)17-9-10-18-14(19)21-15(2,3)4/h12-13,17H,5-11H2,1-4H3,(H,18,19). The van der Waals surface area contributed by atoms with E-state index in [0.29, 0.717) is 24.1 Å². The van der Waals surface area contributed by atoms with Crippen LogP contribution in [-0.4, -0.2) is 43.5 Å². The molecule has 2 saturated carbocycles. The molecular formula is C16H30N2O3. The Kier molecular flexibility index (Phi) is 5.15. The number of nitrogens with one attached hydrogen (secondary N) is 2. The summed E-state index contributed by atoms with van der Waals surface area (Å²) in [4.78, 5) is 11.5. The molecular weight excluding hydrogens is 268 g/mol. The molecule has 0 heterocycles. The maximum absolute atomic E-state index is 11.5. The van der Waals surface area contributed by atoms with Crippen molar-refractivity contribution in [2.75, 3.05) is 19.7 Å². The minimum Gasteiger partial charge on any atom is -0.444 e. The summed E-state index contributed by atoms with van der Waals surface area (Å²) in [7, 11) is 0. The third-order valence-electron chi connectivity index (χ3n) is 4.62. The Bertz CT molecular complexity index is 361. The lowest BCUT2D eigenvalue weighted by molar-refractivity contribution is -0.172. The molecule has 21 heavy (non-hydrogen) atoms. The highest BCUT2D eigenvalue weighted by molar-refractivity contribution is 5.67. The Labute approximate surface area is 128 Å². The van der Waals surface area contributed by atoms with Crippen LogP contribution >= 0.6 is 0 Å². The molecule has 2 rings (SSSR count). The van der Waals surface area contributed by atoms with Crippen molar-refractivity contribution in [1.29, 1.82) is 0 Å². The van der Waals surface area contributed by atoms with Gasteiger partial charge in [0, 0.05) is 31.2 Å².